The molecule has 0 amide bonds. The molecule has 0 unspecified atom stereocenters. The van der Waals surface area contributed by atoms with Gasteiger partial charge >= 0.3 is 5.97 Å². The number of nitrogens with one attached hydrogen (secondary N) is 1. The number of esters is 1. The van der Waals surface area contributed by atoms with Gasteiger partial charge in [0.2, 0.25) is 0 Å². The fourth-order valence-corrected chi connectivity index (χ4v) is 2.28. The van der Waals surface area contributed by atoms with Gasteiger partial charge in [0.15, 0.2) is 5.82 Å². The molecule has 0 spiro atoms. The molecule has 6 nitrogen and oxygen atoms in total. The molecule has 0 fully saturated rings. The van der Waals surface area contributed by atoms with E-state index in [1.807, 2.05) is 31.2 Å². The summed E-state index contributed by atoms with van der Waals surface area (Å²) in [5.74, 6) is 0.938. The molecule has 0 aliphatic heterocycles. The van der Waals surface area contributed by atoms with Crippen LogP contribution in [0.4, 0.5) is 0 Å². The van der Waals surface area contributed by atoms with E-state index in [2.05, 4.69) is 19.7 Å². The number of aromatic nitrogens is 3. The van der Waals surface area contributed by atoms with Gasteiger partial charge in [-0.1, -0.05) is 6.07 Å². The molecule has 0 aliphatic rings. The van der Waals surface area contributed by atoms with Crippen LogP contribution in [0.3, 0.4) is 0 Å². The first-order valence-electron chi connectivity index (χ1n) is 7.55. The van der Waals surface area contributed by atoms with Crippen LogP contribution < -0.4 is 4.74 Å². The van der Waals surface area contributed by atoms with Crippen molar-refractivity contribution in [1.82, 2.24) is 15.0 Å². The summed E-state index contributed by atoms with van der Waals surface area (Å²) >= 11 is 0. The molecular weight excluding hydrogens is 306 g/mol. The minimum absolute atomic E-state index is 0.244. The Bertz CT molecular complexity index is 841. The van der Waals surface area contributed by atoms with Crippen LogP contribution in [0.1, 0.15) is 17.4 Å². The third-order valence-electron chi connectivity index (χ3n) is 3.44. The van der Waals surface area contributed by atoms with Crippen molar-refractivity contribution in [3.05, 3.63) is 54.4 Å². The number of carbonyl (C=O) groups is 1. The van der Waals surface area contributed by atoms with E-state index in [9.17, 15) is 4.79 Å². The van der Waals surface area contributed by atoms with E-state index in [1.54, 1.807) is 24.4 Å². The summed E-state index contributed by atoms with van der Waals surface area (Å²) < 4.78 is 10.1. The maximum Gasteiger partial charge on any atom is 0.356 e. The molecule has 6 heteroatoms. The number of aromatic amines is 1. The van der Waals surface area contributed by atoms with Crippen molar-refractivity contribution in [2.45, 2.75) is 6.92 Å². The molecule has 0 radical (unpaired) electrons. The van der Waals surface area contributed by atoms with Gasteiger partial charge in [-0.05, 0) is 48.9 Å². The zero-order valence-corrected chi connectivity index (χ0v) is 13.4. The van der Waals surface area contributed by atoms with Crippen LogP contribution in [-0.4, -0.2) is 34.6 Å². The molecule has 2 aromatic heterocycles. The Labute approximate surface area is 139 Å². The van der Waals surface area contributed by atoms with Gasteiger partial charge in [-0.25, -0.2) is 14.8 Å². The van der Waals surface area contributed by atoms with Gasteiger partial charge in [0, 0.05) is 0 Å². The highest BCUT2D eigenvalue weighted by Crippen LogP contribution is 2.23. The van der Waals surface area contributed by atoms with Crippen molar-refractivity contribution >= 4 is 5.97 Å². The van der Waals surface area contributed by atoms with Crippen LogP contribution in [0.2, 0.25) is 0 Å². The number of carbonyl (C=O) groups excluding carboxylic acids is 1. The summed E-state index contributed by atoms with van der Waals surface area (Å²) in [4.78, 5) is 23.4. The van der Waals surface area contributed by atoms with Crippen molar-refractivity contribution in [1.29, 1.82) is 0 Å². The Balaban J connectivity index is 1.86. The first-order chi connectivity index (χ1) is 11.7. The summed E-state index contributed by atoms with van der Waals surface area (Å²) in [5.41, 5.74) is 2.67. The zero-order valence-electron chi connectivity index (χ0n) is 13.4. The molecule has 122 valence electrons. The Kier molecular flexibility index (Phi) is 4.56. The smallest absolute Gasteiger partial charge is 0.356 e. The van der Waals surface area contributed by atoms with E-state index in [-0.39, 0.29) is 5.69 Å². The lowest BCUT2D eigenvalue weighted by Crippen LogP contribution is -2.04. The number of methoxy groups -OCH3 is 1. The average Bonchev–Trinajstić information content (AvgIpc) is 3.12. The van der Waals surface area contributed by atoms with Crippen LogP contribution in [-0.2, 0) is 4.74 Å². The lowest BCUT2D eigenvalue weighted by atomic mass is 10.2. The van der Waals surface area contributed by atoms with Crippen molar-refractivity contribution < 1.29 is 14.3 Å². The van der Waals surface area contributed by atoms with Gasteiger partial charge < -0.3 is 14.5 Å². The highest BCUT2D eigenvalue weighted by atomic mass is 16.5. The Morgan fingerprint density at radius 3 is 2.67 bits per heavy atom. The quantitative estimate of drug-likeness (QED) is 0.729. The molecule has 3 aromatic rings. The van der Waals surface area contributed by atoms with Gasteiger partial charge in [-0.15, -0.1) is 0 Å². The number of pyridine rings is 1. The van der Waals surface area contributed by atoms with E-state index < -0.39 is 5.97 Å². The SMILES string of the molecule is CCOc1ccc(-c2cnc(-c3cccc(C(=O)OC)n3)[nH]2)cc1. The van der Waals surface area contributed by atoms with E-state index >= 15 is 0 Å². The number of hydrogen-bond donors (Lipinski definition) is 1. The molecule has 1 N–H and O–H groups in total. The summed E-state index contributed by atoms with van der Waals surface area (Å²) in [7, 11) is 1.33. The van der Waals surface area contributed by atoms with E-state index in [4.69, 9.17) is 4.74 Å². The van der Waals surface area contributed by atoms with Crippen LogP contribution in [0.5, 0.6) is 5.75 Å². The Morgan fingerprint density at radius 2 is 1.96 bits per heavy atom. The highest BCUT2D eigenvalue weighted by molar-refractivity contribution is 5.87. The largest absolute Gasteiger partial charge is 0.494 e. The molecule has 0 saturated carbocycles. The maximum absolute atomic E-state index is 11.6. The predicted octanol–water partition coefficient (Wildman–Crippen LogP) is 3.32. The third kappa shape index (κ3) is 3.27. The van der Waals surface area contributed by atoms with Gasteiger partial charge in [-0.3, -0.25) is 0 Å². The highest BCUT2D eigenvalue weighted by Gasteiger charge is 2.11. The summed E-state index contributed by atoms with van der Waals surface area (Å²) in [6, 6.07) is 12.9. The summed E-state index contributed by atoms with van der Waals surface area (Å²) in [6.45, 7) is 2.58. The molecule has 24 heavy (non-hydrogen) atoms. The monoisotopic (exact) mass is 323 g/mol. The molecule has 0 saturated heterocycles. The predicted molar refractivity (Wildman–Crippen MR) is 89.8 cm³/mol. The molecule has 3 rings (SSSR count). The molecular formula is C18H17N3O3. The number of hydrogen-bond acceptors (Lipinski definition) is 5. The lowest BCUT2D eigenvalue weighted by molar-refractivity contribution is 0.0594. The molecule has 2 heterocycles. The molecule has 0 aliphatic carbocycles. The average molecular weight is 323 g/mol. The van der Waals surface area contributed by atoms with Crippen molar-refractivity contribution in [3.63, 3.8) is 0 Å². The number of ether oxygens (including phenoxy) is 2. The number of H-pyrrole nitrogens is 1. The van der Waals surface area contributed by atoms with Crippen LogP contribution in [0.15, 0.2) is 48.7 Å². The summed E-state index contributed by atoms with van der Waals surface area (Å²) in [6.07, 6.45) is 1.73. The molecule has 1 aromatic carbocycles. The normalized spacial score (nSPS) is 10.4. The van der Waals surface area contributed by atoms with Gasteiger partial charge in [0.1, 0.15) is 17.1 Å². The standard InChI is InChI=1S/C18H17N3O3/c1-3-24-13-9-7-12(8-10-13)16-11-19-17(21-16)14-5-4-6-15(20-14)18(22)23-2/h4-11H,3H2,1-2H3,(H,19,21). The zero-order chi connectivity index (χ0) is 16.9. The minimum Gasteiger partial charge on any atom is -0.494 e. The van der Waals surface area contributed by atoms with Gasteiger partial charge in [-0.2, -0.15) is 0 Å². The topological polar surface area (TPSA) is 77.1 Å². The first kappa shape index (κ1) is 15.7. The number of nitrogens with zero attached hydrogens (tertiary/aromatic N) is 2. The van der Waals surface area contributed by atoms with Gasteiger partial charge in [0.05, 0.1) is 25.6 Å². The lowest BCUT2D eigenvalue weighted by Gasteiger charge is -2.03. The van der Waals surface area contributed by atoms with E-state index in [1.165, 1.54) is 7.11 Å². The number of rotatable bonds is 5. The van der Waals surface area contributed by atoms with E-state index in [0.29, 0.717) is 18.1 Å². The minimum atomic E-state index is -0.477. The second-order valence-electron chi connectivity index (χ2n) is 5.00. The summed E-state index contributed by atoms with van der Waals surface area (Å²) in [5, 5.41) is 0. The number of benzene rings is 1. The molecule has 0 bridgehead atoms. The van der Waals surface area contributed by atoms with Crippen LogP contribution >= 0.6 is 0 Å². The third-order valence-corrected chi connectivity index (χ3v) is 3.44. The van der Waals surface area contributed by atoms with Crippen molar-refractivity contribution in [2.24, 2.45) is 0 Å². The Hall–Kier alpha value is -3.15. The second kappa shape index (κ2) is 6.95. The first-order valence-corrected chi connectivity index (χ1v) is 7.55. The van der Waals surface area contributed by atoms with E-state index in [0.717, 1.165) is 17.0 Å². The number of imidazole rings is 1. The Morgan fingerprint density at radius 1 is 1.17 bits per heavy atom. The van der Waals surface area contributed by atoms with Crippen LogP contribution in [0, 0.1) is 0 Å². The second-order valence-corrected chi connectivity index (χ2v) is 5.00. The van der Waals surface area contributed by atoms with Crippen molar-refractivity contribution in [3.8, 4) is 28.5 Å². The van der Waals surface area contributed by atoms with Gasteiger partial charge in [0.25, 0.3) is 0 Å². The fourth-order valence-electron chi connectivity index (χ4n) is 2.28. The van der Waals surface area contributed by atoms with Crippen LogP contribution in [0.25, 0.3) is 22.8 Å². The maximum atomic E-state index is 11.6. The molecule has 0 atom stereocenters. The fraction of sp³-hybridized carbons (Fsp3) is 0.167. The van der Waals surface area contributed by atoms with Crippen molar-refractivity contribution in [2.75, 3.05) is 13.7 Å².